The number of hydrogen-bond donors (Lipinski definition) is 3. The first kappa shape index (κ1) is 13.9. The third-order valence-corrected chi connectivity index (χ3v) is 3.09. The molecule has 0 aliphatic carbocycles. The lowest BCUT2D eigenvalue weighted by molar-refractivity contribution is -0.140. The van der Waals surface area contributed by atoms with Crippen LogP contribution >= 0.6 is 0 Å². The first-order valence-corrected chi connectivity index (χ1v) is 5.68. The van der Waals surface area contributed by atoms with Crippen molar-refractivity contribution in [3.8, 4) is 0 Å². The maximum absolute atomic E-state index is 12.1. The number of likely N-dealkylation sites (tertiary alicyclic amines) is 1. The van der Waals surface area contributed by atoms with E-state index < -0.39 is 29.5 Å². The fourth-order valence-electron chi connectivity index (χ4n) is 1.88. The minimum absolute atomic E-state index is 0.121. The number of primary amides is 1. The molecule has 5 N–H and O–H groups in total. The Bertz CT molecular complexity index is 324. The monoisotopic (exact) mass is 243 g/mol. The van der Waals surface area contributed by atoms with Gasteiger partial charge in [-0.25, -0.2) is 0 Å². The van der Waals surface area contributed by atoms with E-state index in [1.54, 1.807) is 0 Å². The van der Waals surface area contributed by atoms with Crippen LogP contribution in [0.15, 0.2) is 0 Å². The number of nitrogens with two attached hydrogens (primary N) is 2. The van der Waals surface area contributed by atoms with E-state index in [2.05, 4.69) is 0 Å². The van der Waals surface area contributed by atoms with Gasteiger partial charge in [-0.1, -0.05) is 20.8 Å². The first-order chi connectivity index (χ1) is 7.64. The summed E-state index contributed by atoms with van der Waals surface area (Å²) in [5.74, 6) is -0.936. The van der Waals surface area contributed by atoms with E-state index in [4.69, 9.17) is 11.5 Å². The molecule has 1 fully saturated rings. The summed E-state index contributed by atoms with van der Waals surface area (Å²) in [7, 11) is 0. The third-order valence-electron chi connectivity index (χ3n) is 3.09. The Balaban J connectivity index is 2.84. The lowest BCUT2D eigenvalue weighted by Crippen LogP contribution is -2.54. The van der Waals surface area contributed by atoms with E-state index in [0.717, 1.165) is 0 Å². The molecule has 0 aromatic heterocycles. The number of amides is 2. The summed E-state index contributed by atoms with van der Waals surface area (Å²) in [6.45, 7) is 5.67. The highest BCUT2D eigenvalue weighted by Gasteiger charge is 2.41. The largest absolute Gasteiger partial charge is 0.391 e. The molecule has 1 aliphatic heterocycles. The van der Waals surface area contributed by atoms with Crippen LogP contribution in [0, 0.1) is 5.41 Å². The molecule has 17 heavy (non-hydrogen) atoms. The average Bonchev–Trinajstić information content (AvgIpc) is 2.56. The van der Waals surface area contributed by atoms with E-state index in [1.165, 1.54) is 4.90 Å². The highest BCUT2D eigenvalue weighted by molar-refractivity contribution is 5.90. The standard InChI is InChI=1S/C11H21N3O3/c1-11(2,3)8(12)10(17)14-5-6(15)4-7(14)9(13)16/h6-8,15H,4-5,12H2,1-3H3,(H2,13,16)/t6-,7+,8-/m1/s1. The van der Waals surface area contributed by atoms with E-state index in [1.807, 2.05) is 20.8 Å². The van der Waals surface area contributed by atoms with E-state index in [9.17, 15) is 14.7 Å². The number of nitrogens with zero attached hydrogens (tertiary/aromatic N) is 1. The highest BCUT2D eigenvalue weighted by atomic mass is 16.3. The number of aliphatic hydroxyl groups is 1. The number of aliphatic hydroxyl groups excluding tert-OH is 1. The lowest BCUT2D eigenvalue weighted by atomic mass is 9.86. The maximum Gasteiger partial charge on any atom is 0.240 e. The predicted octanol–water partition coefficient (Wildman–Crippen LogP) is -1.19. The number of rotatable bonds is 2. The van der Waals surface area contributed by atoms with Crippen molar-refractivity contribution in [2.75, 3.05) is 6.54 Å². The van der Waals surface area contributed by atoms with Gasteiger partial charge in [-0.3, -0.25) is 9.59 Å². The molecule has 1 saturated heterocycles. The van der Waals surface area contributed by atoms with Crippen molar-refractivity contribution >= 4 is 11.8 Å². The summed E-state index contributed by atoms with van der Waals surface area (Å²) in [6, 6.07) is -1.46. The molecule has 0 spiro atoms. The molecule has 98 valence electrons. The smallest absolute Gasteiger partial charge is 0.240 e. The van der Waals surface area contributed by atoms with Gasteiger partial charge in [0.05, 0.1) is 12.1 Å². The molecule has 0 aromatic rings. The van der Waals surface area contributed by atoms with Gasteiger partial charge in [-0.2, -0.15) is 0 Å². The van der Waals surface area contributed by atoms with Gasteiger partial charge in [0.2, 0.25) is 11.8 Å². The van der Waals surface area contributed by atoms with Gasteiger partial charge >= 0.3 is 0 Å². The van der Waals surface area contributed by atoms with Gasteiger partial charge in [-0.05, 0) is 5.41 Å². The summed E-state index contributed by atoms with van der Waals surface area (Å²) in [6.07, 6.45) is -0.513. The Labute approximate surface area is 101 Å². The van der Waals surface area contributed by atoms with Crippen LogP contribution in [0.4, 0.5) is 0 Å². The van der Waals surface area contributed by atoms with E-state index >= 15 is 0 Å². The molecule has 1 rings (SSSR count). The van der Waals surface area contributed by atoms with Gasteiger partial charge in [0.15, 0.2) is 0 Å². The Morgan fingerprint density at radius 2 is 1.94 bits per heavy atom. The molecule has 0 aromatic carbocycles. The van der Waals surface area contributed by atoms with Crippen LogP contribution < -0.4 is 11.5 Å². The van der Waals surface area contributed by atoms with Crippen molar-refractivity contribution in [2.45, 2.75) is 45.4 Å². The molecule has 6 nitrogen and oxygen atoms in total. The van der Waals surface area contributed by atoms with Gasteiger partial charge in [0.25, 0.3) is 0 Å². The summed E-state index contributed by atoms with van der Waals surface area (Å²) in [4.78, 5) is 24.6. The number of β-amino-alcohol motifs (C(OH)–C–C–N with tert-alkyl or cyclic N) is 1. The second-order valence-electron chi connectivity index (χ2n) is 5.64. The molecule has 2 amide bonds. The highest BCUT2D eigenvalue weighted by Crippen LogP contribution is 2.24. The van der Waals surface area contributed by atoms with Crippen LogP contribution in [-0.2, 0) is 9.59 Å². The zero-order valence-corrected chi connectivity index (χ0v) is 10.5. The van der Waals surface area contributed by atoms with Crippen molar-refractivity contribution in [3.63, 3.8) is 0 Å². The molecule has 0 radical (unpaired) electrons. The van der Waals surface area contributed by atoms with Gasteiger partial charge in [0.1, 0.15) is 6.04 Å². The van der Waals surface area contributed by atoms with Crippen LogP contribution in [0.1, 0.15) is 27.2 Å². The van der Waals surface area contributed by atoms with Gasteiger partial charge in [0, 0.05) is 13.0 Å². The second kappa shape index (κ2) is 4.62. The quantitative estimate of drug-likeness (QED) is 0.566. The number of hydrogen-bond acceptors (Lipinski definition) is 4. The zero-order chi connectivity index (χ0) is 13.4. The summed E-state index contributed by atoms with van der Waals surface area (Å²) in [5, 5.41) is 9.51. The summed E-state index contributed by atoms with van der Waals surface area (Å²) in [5.41, 5.74) is 10.7. The minimum atomic E-state index is -0.745. The first-order valence-electron chi connectivity index (χ1n) is 5.68. The topological polar surface area (TPSA) is 110 Å². The summed E-state index contributed by atoms with van der Waals surface area (Å²) >= 11 is 0. The van der Waals surface area contributed by atoms with Gasteiger partial charge in [-0.15, -0.1) is 0 Å². The normalized spacial score (nSPS) is 27.0. The Kier molecular flexibility index (Phi) is 3.78. The lowest BCUT2D eigenvalue weighted by Gasteiger charge is -2.31. The van der Waals surface area contributed by atoms with E-state index in [-0.39, 0.29) is 18.9 Å². The molecule has 3 atom stereocenters. The fraction of sp³-hybridized carbons (Fsp3) is 0.818. The Morgan fingerprint density at radius 1 is 1.41 bits per heavy atom. The Morgan fingerprint density at radius 3 is 2.35 bits per heavy atom. The number of carbonyl (C=O) groups excluding carboxylic acids is 2. The van der Waals surface area contributed by atoms with Crippen molar-refractivity contribution < 1.29 is 14.7 Å². The Hall–Kier alpha value is -1.14. The molecule has 1 aliphatic rings. The van der Waals surface area contributed by atoms with Crippen LogP contribution in [0.3, 0.4) is 0 Å². The molecule has 0 bridgehead atoms. The van der Waals surface area contributed by atoms with Crippen LogP contribution in [0.2, 0.25) is 0 Å². The van der Waals surface area contributed by atoms with Crippen LogP contribution in [-0.4, -0.2) is 46.6 Å². The predicted molar refractivity (Wildman–Crippen MR) is 62.7 cm³/mol. The fourth-order valence-corrected chi connectivity index (χ4v) is 1.88. The van der Waals surface area contributed by atoms with Crippen LogP contribution in [0.25, 0.3) is 0 Å². The third kappa shape index (κ3) is 2.95. The summed E-state index contributed by atoms with van der Waals surface area (Å²) < 4.78 is 0. The number of carbonyl (C=O) groups is 2. The maximum atomic E-state index is 12.1. The van der Waals surface area contributed by atoms with Crippen LogP contribution in [0.5, 0.6) is 0 Å². The molecular formula is C11H21N3O3. The van der Waals surface area contributed by atoms with Crippen molar-refractivity contribution in [3.05, 3.63) is 0 Å². The molecule has 1 heterocycles. The van der Waals surface area contributed by atoms with Crippen molar-refractivity contribution in [2.24, 2.45) is 16.9 Å². The SMILES string of the molecule is CC(C)(C)[C@H](N)C(=O)N1C[C@H](O)C[C@H]1C(N)=O. The molecule has 0 unspecified atom stereocenters. The van der Waals surface area contributed by atoms with Gasteiger partial charge < -0.3 is 21.5 Å². The molecule has 0 saturated carbocycles. The minimum Gasteiger partial charge on any atom is -0.391 e. The second-order valence-corrected chi connectivity index (χ2v) is 5.64. The van der Waals surface area contributed by atoms with Crippen molar-refractivity contribution in [1.82, 2.24) is 4.90 Å². The molecular weight excluding hydrogens is 222 g/mol. The molecule has 6 heteroatoms. The van der Waals surface area contributed by atoms with Crippen molar-refractivity contribution in [1.29, 1.82) is 0 Å². The average molecular weight is 243 g/mol. The van der Waals surface area contributed by atoms with E-state index in [0.29, 0.717) is 0 Å². The zero-order valence-electron chi connectivity index (χ0n) is 10.5.